The van der Waals surface area contributed by atoms with Crippen molar-refractivity contribution in [1.29, 1.82) is 0 Å². The van der Waals surface area contributed by atoms with Crippen molar-refractivity contribution in [3.8, 4) is 0 Å². The summed E-state index contributed by atoms with van der Waals surface area (Å²) in [5.41, 5.74) is 0.468. The average molecular weight is 310 g/mol. The Labute approximate surface area is 125 Å². The lowest BCUT2D eigenvalue weighted by Crippen LogP contribution is -2.40. The Morgan fingerprint density at radius 3 is 2.19 bits per heavy atom. The van der Waals surface area contributed by atoms with Crippen molar-refractivity contribution >= 4 is 35.2 Å². The maximum atomic E-state index is 12.1. The summed E-state index contributed by atoms with van der Waals surface area (Å²) in [4.78, 5) is 48.1. The number of rotatable bonds is 5. The number of hydrogen-bond acceptors (Lipinski definition) is 5. The minimum Gasteiger partial charge on any atom is -0.465 e. The molecule has 1 aliphatic heterocycles. The summed E-state index contributed by atoms with van der Waals surface area (Å²) in [7, 11) is 0. The van der Waals surface area contributed by atoms with E-state index in [4.69, 9.17) is 11.6 Å². The molecule has 6 nitrogen and oxygen atoms in total. The Hall–Kier alpha value is -2.21. The van der Waals surface area contributed by atoms with Gasteiger partial charge in [-0.05, 0) is 19.1 Å². The van der Waals surface area contributed by atoms with Crippen LogP contribution in [0.3, 0.4) is 0 Å². The van der Waals surface area contributed by atoms with Crippen molar-refractivity contribution in [3.05, 3.63) is 35.4 Å². The number of ether oxygens (including phenoxy) is 1. The first kappa shape index (κ1) is 15.2. The number of amides is 2. The molecule has 2 amide bonds. The number of esters is 1. The first-order valence-electron chi connectivity index (χ1n) is 6.26. The van der Waals surface area contributed by atoms with Gasteiger partial charge in [0.1, 0.15) is 0 Å². The Morgan fingerprint density at radius 2 is 1.71 bits per heavy atom. The minimum atomic E-state index is -1.53. The topological polar surface area (TPSA) is 80.8 Å². The molecule has 1 aromatic carbocycles. The van der Waals surface area contributed by atoms with E-state index in [9.17, 15) is 19.2 Å². The molecule has 0 aromatic heterocycles. The van der Waals surface area contributed by atoms with Gasteiger partial charge in [-0.1, -0.05) is 12.1 Å². The number of fused-ring (bicyclic) bond motifs is 1. The summed E-state index contributed by atoms with van der Waals surface area (Å²) in [6.07, 6.45) is 0. The first-order valence-corrected chi connectivity index (χ1v) is 6.69. The predicted molar refractivity (Wildman–Crippen MR) is 73.1 cm³/mol. The summed E-state index contributed by atoms with van der Waals surface area (Å²) in [6.45, 7) is 1.11. The number of hydrogen-bond donors (Lipinski definition) is 0. The highest BCUT2D eigenvalue weighted by Gasteiger charge is 2.38. The molecule has 0 spiro atoms. The maximum absolute atomic E-state index is 12.1. The lowest BCUT2D eigenvalue weighted by atomic mass is 10.1. The number of alkyl halides is 1. The molecule has 0 fully saturated rings. The zero-order chi connectivity index (χ0) is 15.6. The molecule has 1 atom stereocenters. The standard InChI is InChI=1S/C14H12ClNO5/c1-2-21-14(20)11(15)10(17)7-16-12(18)8-5-3-4-6-9(8)13(16)19/h3-6,11H,2,7H2,1H3. The molecule has 110 valence electrons. The molecule has 0 radical (unpaired) electrons. The zero-order valence-electron chi connectivity index (χ0n) is 11.2. The number of ketones is 1. The highest BCUT2D eigenvalue weighted by atomic mass is 35.5. The van der Waals surface area contributed by atoms with Gasteiger partial charge in [0.2, 0.25) is 0 Å². The second kappa shape index (κ2) is 6.05. The van der Waals surface area contributed by atoms with E-state index in [0.29, 0.717) is 0 Å². The highest BCUT2D eigenvalue weighted by Crippen LogP contribution is 2.22. The van der Waals surface area contributed by atoms with Gasteiger partial charge in [-0.2, -0.15) is 0 Å². The van der Waals surface area contributed by atoms with Gasteiger partial charge < -0.3 is 4.74 Å². The number of carbonyl (C=O) groups is 4. The van der Waals surface area contributed by atoms with Crippen molar-refractivity contribution in [2.75, 3.05) is 13.2 Å². The van der Waals surface area contributed by atoms with Gasteiger partial charge in [-0.15, -0.1) is 11.6 Å². The quantitative estimate of drug-likeness (QED) is 0.351. The lowest BCUT2D eigenvalue weighted by Gasteiger charge is -2.14. The van der Waals surface area contributed by atoms with Crippen LogP contribution in [-0.4, -0.2) is 47.0 Å². The van der Waals surface area contributed by atoms with E-state index in [0.717, 1.165) is 4.90 Å². The Bertz CT molecular complexity index is 593. The molecule has 2 rings (SSSR count). The van der Waals surface area contributed by atoms with Gasteiger partial charge in [0.25, 0.3) is 11.8 Å². The average Bonchev–Trinajstić information content (AvgIpc) is 2.72. The van der Waals surface area contributed by atoms with Crippen LogP contribution in [-0.2, 0) is 14.3 Å². The van der Waals surface area contributed by atoms with Crippen molar-refractivity contribution in [3.63, 3.8) is 0 Å². The SMILES string of the molecule is CCOC(=O)C(Cl)C(=O)CN1C(=O)c2ccccc2C1=O. The molecular formula is C14H12ClNO5. The minimum absolute atomic E-state index is 0.0857. The molecule has 1 heterocycles. The van der Waals surface area contributed by atoms with Crippen LogP contribution in [0.15, 0.2) is 24.3 Å². The largest absolute Gasteiger partial charge is 0.465 e. The van der Waals surface area contributed by atoms with Gasteiger partial charge in [0, 0.05) is 0 Å². The number of imide groups is 1. The second-order valence-corrected chi connectivity index (χ2v) is 4.76. The Balaban J connectivity index is 2.12. The molecule has 1 aromatic rings. The van der Waals surface area contributed by atoms with Crippen LogP contribution in [0, 0.1) is 0 Å². The van der Waals surface area contributed by atoms with E-state index < -0.39 is 35.5 Å². The van der Waals surface area contributed by atoms with Crippen molar-refractivity contribution < 1.29 is 23.9 Å². The highest BCUT2D eigenvalue weighted by molar-refractivity contribution is 6.41. The summed E-state index contributed by atoms with van der Waals surface area (Å²) >= 11 is 5.67. The lowest BCUT2D eigenvalue weighted by molar-refractivity contribution is -0.145. The van der Waals surface area contributed by atoms with Crippen LogP contribution in [0.4, 0.5) is 0 Å². The van der Waals surface area contributed by atoms with Crippen LogP contribution in [0.25, 0.3) is 0 Å². The Morgan fingerprint density at radius 1 is 1.19 bits per heavy atom. The second-order valence-electron chi connectivity index (χ2n) is 4.32. The number of benzene rings is 1. The molecule has 0 saturated heterocycles. The third-order valence-electron chi connectivity index (χ3n) is 2.97. The fraction of sp³-hybridized carbons (Fsp3) is 0.286. The summed E-state index contributed by atoms with van der Waals surface area (Å²) < 4.78 is 4.62. The third-order valence-corrected chi connectivity index (χ3v) is 3.39. The smallest absolute Gasteiger partial charge is 0.331 e. The first-order chi connectivity index (χ1) is 9.97. The van der Waals surface area contributed by atoms with Gasteiger partial charge >= 0.3 is 5.97 Å². The van der Waals surface area contributed by atoms with E-state index in [1.165, 1.54) is 12.1 Å². The molecule has 1 unspecified atom stereocenters. The fourth-order valence-electron chi connectivity index (χ4n) is 1.97. The molecule has 0 N–H and O–H groups in total. The summed E-state index contributed by atoms with van der Waals surface area (Å²) in [5, 5.41) is -1.53. The Kier molecular flexibility index (Phi) is 4.37. The summed E-state index contributed by atoms with van der Waals surface area (Å²) in [6, 6.07) is 6.25. The van der Waals surface area contributed by atoms with Crippen LogP contribution in [0.5, 0.6) is 0 Å². The van der Waals surface area contributed by atoms with E-state index in [1.54, 1.807) is 19.1 Å². The number of nitrogens with zero attached hydrogens (tertiary/aromatic N) is 1. The third kappa shape index (κ3) is 2.80. The van der Waals surface area contributed by atoms with E-state index in [1.807, 2.05) is 0 Å². The van der Waals surface area contributed by atoms with E-state index in [-0.39, 0.29) is 17.7 Å². The molecule has 21 heavy (non-hydrogen) atoms. The van der Waals surface area contributed by atoms with E-state index >= 15 is 0 Å². The van der Waals surface area contributed by atoms with Gasteiger partial charge in [0.15, 0.2) is 11.2 Å². The van der Waals surface area contributed by atoms with Gasteiger partial charge in [-0.3, -0.25) is 19.3 Å². The monoisotopic (exact) mass is 309 g/mol. The van der Waals surface area contributed by atoms with Crippen molar-refractivity contribution in [1.82, 2.24) is 4.90 Å². The fourth-order valence-corrected chi connectivity index (χ4v) is 2.10. The van der Waals surface area contributed by atoms with Crippen molar-refractivity contribution in [2.24, 2.45) is 0 Å². The summed E-state index contributed by atoms with van der Waals surface area (Å²) in [5.74, 6) is -2.79. The molecular weight excluding hydrogens is 298 g/mol. The number of halogens is 1. The number of Topliss-reactive ketones (excluding diaryl/α,β-unsaturated/α-hetero) is 1. The molecule has 0 bridgehead atoms. The van der Waals surface area contributed by atoms with Crippen LogP contribution < -0.4 is 0 Å². The van der Waals surface area contributed by atoms with E-state index in [2.05, 4.69) is 4.74 Å². The number of carbonyl (C=O) groups excluding carboxylic acids is 4. The molecule has 0 aliphatic carbocycles. The van der Waals surface area contributed by atoms with Crippen molar-refractivity contribution in [2.45, 2.75) is 12.3 Å². The molecule has 1 aliphatic rings. The van der Waals surface area contributed by atoms with Crippen LogP contribution in [0.2, 0.25) is 0 Å². The zero-order valence-corrected chi connectivity index (χ0v) is 11.9. The van der Waals surface area contributed by atoms with Gasteiger partial charge in [-0.25, -0.2) is 4.79 Å². The molecule has 0 saturated carbocycles. The maximum Gasteiger partial charge on any atom is 0.331 e. The normalized spacial score (nSPS) is 14.9. The molecule has 7 heteroatoms. The van der Waals surface area contributed by atoms with Crippen LogP contribution >= 0.6 is 11.6 Å². The van der Waals surface area contributed by atoms with Crippen LogP contribution in [0.1, 0.15) is 27.6 Å². The predicted octanol–water partition coefficient (Wildman–Crippen LogP) is 1.02. The van der Waals surface area contributed by atoms with Gasteiger partial charge in [0.05, 0.1) is 24.3 Å².